The topological polar surface area (TPSA) is 68.8 Å². The van der Waals surface area contributed by atoms with Crippen LogP contribution in [-0.4, -0.2) is 63.1 Å². The Kier molecular flexibility index (Phi) is 9.76. The molecule has 1 rings (SSSR count). The lowest BCUT2D eigenvalue weighted by Crippen LogP contribution is -2.44. The van der Waals surface area contributed by atoms with Crippen LogP contribution in [0.15, 0.2) is 4.99 Å². The molecule has 0 bridgehead atoms. The average Bonchev–Trinajstić information content (AvgIpc) is 2.81. The Morgan fingerprint density at radius 2 is 1.54 bits per heavy atom. The third-order valence-corrected chi connectivity index (χ3v) is 4.25. The number of nitrogens with zero attached hydrogens (tertiary/aromatic N) is 2. The third-order valence-electron chi connectivity index (χ3n) is 4.25. The van der Waals surface area contributed by atoms with E-state index >= 15 is 0 Å². The lowest BCUT2D eigenvalue weighted by Gasteiger charge is -2.20. The molecule has 0 aliphatic carbocycles. The first kappa shape index (κ1) is 20.7. The van der Waals surface area contributed by atoms with Gasteiger partial charge < -0.3 is 20.9 Å². The molecule has 6 heteroatoms. The van der Waals surface area contributed by atoms with Gasteiger partial charge in [0.05, 0.1) is 0 Å². The van der Waals surface area contributed by atoms with Crippen LogP contribution >= 0.6 is 0 Å². The molecular formula is C18H37N5O. The fourth-order valence-corrected chi connectivity index (χ4v) is 2.71. The van der Waals surface area contributed by atoms with Crippen molar-refractivity contribution in [3.8, 4) is 0 Å². The number of guanidine groups is 1. The molecule has 0 spiro atoms. The first-order chi connectivity index (χ1) is 11.4. The van der Waals surface area contributed by atoms with E-state index < -0.39 is 0 Å². The number of hydrogen-bond acceptors (Lipinski definition) is 3. The SMILES string of the molecule is CN=C(NCCCN1CCCCCC1)NCCNC(=O)C(C)(C)C. The molecule has 0 atom stereocenters. The van der Waals surface area contributed by atoms with Gasteiger partial charge in [-0.25, -0.2) is 0 Å². The largest absolute Gasteiger partial charge is 0.356 e. The Labute approximate surface area is 147 Å². The Balaban J connectivity index is 2.09. The van der Waals surface area contributed by atoms with Crippen molar-refractivity contribution < 1.29 is 4.79 Å². The molecule has 6 nitrogen and oxygen atoms in total. The Morgan fingerprint density at radius 1 is 0.958 bits per heavy atom. The van der Waals surface area contributed by atoms with Gasteiger partial charge in [-0.2, -0.15) is 0 Å². The Bertz CT molecular complexity index is 381. The van der Waals surface area contributed by atoms with Gasteiger partial charge in [-0.1, -0.05) is 33.6 Å². The van der Waals surface area contributed by atoms with Crippen LogP contribution in [0.2, 0.25) is 0 Å². The van der Waals surface area contributed by atoms with Crippen LogP contribution in [0.3, 0.4) is 0 Å². The monoisotopic (exact) mass is 339 g/mol. The molecule has 1 amide bonds. The summed E-state index contributed by atoms with van der Waals surface area (Å²) in [6.45, 7) is 11.6. The summed E-state index contributed by atoms with van der Waals surface area (Å²) >= 11 is 0. The fourth-order valence-electron chi connectivity index (χ4n) is 2.71. The van der Waals surface area contributed by atoms with Crippen molar-refractivity contribution in [1.82, 2.24) is 20.9 Å². The zero-order valence-electron chi connectivity index (χ0n) is 16.1. The minimum absolute atomic E-state index is 0.0738. The average molecular weight is 340 g/mol. The molecule has 1 saturated heterocycles. The highest BCUT2D eigenvalue weighted by Gasteiger charge is 2.20. The zero-order valence-corrected chi connectivity index (χ0v) is 16.1. The van der Waals surface area contributed by atoms with Gasteiger partial charge in [0.1, 0.15) is 0 Å². The van der Waals surface area contributed by atoms with E-state index in [9.17, 15) is 4.79 Å². The van der Waals surface area contributed by atoms with Crippen molar-refractivity contribution in [2.75, 3.05) is 46.3 Å². The highest BCUT2D eigenvalue weighted by molar-refractivity contribution is 5.81. The molecule has 1 heterocycles. The van der Waals surface area contributed by atoms with Gasteiger partial charge in [0.2, 0.25) is 5.91 Å². The molecule has 1 aliphatic heterocycles. The summed E-state index contributed by atoms with van der Waals surface area (Å²) in [5.41, 5.74) is -0.340. The molecule has 0 aromatic carbocycles. The quantitative estimate of drug-likeness (QED) is 0.374. The van der Waals surface area contributed by atoms with E-state index in [0.29, 0.717) is 13.1 Å². The maximum Gasteiger partial charge on any atom is 0.225 e. The van der Waals surface area contributed by atoms with Gasteiger partial charge >= 0.3 is 0 Å². The van der Waals surface area contributed by atoms with Crippen LogP contribution in [0.25, 0.3) is 0 Å². The maximum absolute atomic E-state index is 11.8. The van der Waals surface area contributed by atoms with Gasteiger partial charge in [-0.3, -0.25) is 9.79 Å². The number of hydrogen-bond donors (Lipinski definition) is 3. The highest BCUT2D eigenvalue weighted by atomic mass is 16.2. The molecule has 0 aromatic heterocycles. The molecule has 140 valence electrons. The van der Waals surface area contributed by atoms with Gasteiger partial charge in [0.25, 0.3) is 0 Å². The normalized spacial score (nSPS) is 17.2. The van der Waals surface area contributed by atoms with E-state index in [1.54, 1.807) is 7.05 Å². The van der Waals surface area contributed by atoms with Crippen LogP contribution in [0.5, 0.6) is 0 Å². The molecule has 24 heavy (non-hydrogen) atoms. The van der Waals surface area contributed by atoms with E-state index in [1.165, 1.54) is 38.8 Å². The first-order valence-electron chi connectivity index (χ1n) is 9.38. The minimum atomic E-state index is -0.340. The number of rotatable bonds is 7. The predicted octanol–water partition coefficient (Wildman–Crippen LogP) is 1.58. The molecule has 0 unspecified atom stereocenters. The summed E-state index contributed by atoms with van der Waals surface area (Å²) in [4.78, 5) is 18.6. The molecule has 0 radical (unpaired) electrons. The maximum atomic E-state index is 11.8. The summed E-state index contributed by atoms with van der Waals surface area (Å²) in [7, 11) is 1.78. The molecule has 0 saturated carbocycles. The third kappa shape index (κ3) is 9.11. The second-order valence-corrected chi connectivity index (χ2v) is 7.54. The van der Waals surface area contributed by atoms with Gasteiger partial charge in [-0.05, 0) is 38.9 Å². The first-order valence-corrected chi connectivity index (χ1v) is 9.38. The number of aliphatic imine (C=N–C) groups is 1. The van der Waals surface area contributed by atoms with Crippen LogP contribution in [0, 0.1) is 5.41 Å². The van der Waals surface area contributed by atoms with Gasteiger partial charge in [-0.15, -0.1) is 0 Å². The molecular weight excluding hydrogens is 302 g/mol. The van der Waals surface area contributed by atoms with Crippen LogP contribution in [0.4, 0.5) is 0 Å². The van der Waals surface area contributed by atoms with Crippen molar-refractivity contribution in [2.24, 2.45) is 10.4 Å². The Hall–Kier alpha value is -1.30. The molecule has 0 aromatic rings. The zero-order chi connectivity index (χ0) is 17.8. The highest BCUT2D eigenvalue weighted by Crippen LogP contribution is 2.11. The van der Waals surface area contributed by atoms with E-state index in [0.717, 1.165) is 25.5 Å². The summed E-state index contributed by atoms with van der Waals surface area (Å²) in [5.74, 6) is 0.876. The van der Waals surface area contributed by atoms with E-state index in [-0.39, 0.29) is 11.3 Å². The molecule has 1 fully saturated rings. The van der Waals surface area contributed by atoms with Crippen LogP contribution in [-0.2, 0) is 4.79 Å². The summed E-state index contributed by atoms with van der Waals surface area (Å²) in [6.07, 6.45) is 6.59. The smallest absolute Gasteiger partial charge is 0.225 e. The van der Waals surface area contributed by atoms with Crippen molar-refractivity contribution in [3.05, 3.63) is 0 Å². The summed E-state index contributed by atoms with van der Waals surface area (Å²) < 4.78 is 0. The van der Waals surface area contributed by atoms with Crippen molar-refractivity contribution in [3.63, 3.8) is 0 Å². The lowest BCUT2D eigenvalue weighted by molar-refractivity contribution is -0.128. The molecule has 3 N–H and O–H groups in total. The van der Waals surface area contributed by atoms with E-state index in [4.69, 9.17) is 0 Å². The molecule has 1 aliphatic rings. The second kappa shape index (κ2) is 11.3. The second-order valence-electron chi connectivity index (χ2n) is 7.54. The predicted molar refractivity (Wildman–Crippen MR) is 101 cm³/mol. The minimum Gasteiger partial charge on any atom is -0.356 e. The summed E-state index contributed by atoms with van der Waals surface area (Å²) in [6, 6.07) is 0. The van der Waals surface area contributed by atoms with Gasteiger partial charge in [0, 0.05) is 32.1 Å². The van der Waals surface area contributed by atoms with Crippen molar-refractivity contribution >= 4 is 11.9 Å². The lowest BCUT2D eigenvalue weighted by atomic mass is 9.96. The number of amides is 1. The Morgan fingerprint density at radius 3 is 2.12 bits per heavy atom. The summed E-state index contributed by atoms with van der Waals surface area (Å²) in [5, 5.41) is 9.51. The number of nitrogens with one attached hydrogen (secondary N) is 3. The number of carbonyl (C=O) groups excluding carboxylic acids is 1. The van der Waals surface area contributed by atoms with E-state index in [2.05, 4.69) is 25.8 Å². The fraction of sp³-hybridized carbons (Fsp3) is 0.889. The standard InChI is InChI=1S/C18H37N5O/c1-18(2,3)16(24)20-11-12-22-17(19-4)21-10-9-15-23-13-7-5-6-8-14-23/h5-15H2,1-4H3,(H,20,24)(H2,19,21,22). The van der Waals surface area contributed by atoms with Crippen LogP contribution in [0.1, 0.15) is 52.9 Å². The van der Waals surface area contributed by atoms with Gasteiger partial charge in [0.15, 0.2) is 5.96 Å². The van der Waals surface area contributed by atoms with Crippen molar-refractivity contribution in [1.29, 1.82) is 0 Å². The van der Waals surface area contributed by atoms with Crippen LogP contribution < -0.4 is 16.0 Å². The number of likely N-dealkylation sites (tertiary alicyclic amines) is 1. The van der Waals surface area contributed by atoms with Crippen molar-refractivity contribution in [2.45, 2.75) is 52.9 Å². The number of carbonyl (C=O) groups is 1. The van der Waals surface area contributed by atoms with E-state index in [1.807, 2.05) is 20.8 Å².